The van der Waals surface area contributed by atoms with Gasteiger partial charge in [0.2, 0.25) is 0 Å². The average Bonchev–Trinajstić information content (AvgIpc) is 2.89. The Bertz CT molecular complexity index is 776. The van der Waals surface area contributed by atoms with Gasteiger partial charge in [-0.2, -0.15) is 5.26 Å². The van der Waals surface area contributed by atoms with Crippen LogP contribution >= 0.6 is 0 Å². The number of nitrogens with zero attached hydrogens (tertiary/aromatic N) is 2. The van der Waals surface area contributed by atoms with Crippen LogP contribution in [0.15, 0.2) is 42.9 Å². The summed E-state index contributed by atoms with van der Waals surface area (Å²) in [4.78, 5) is 13.9. The van der Waals surface area contributed by atoms with E-state index >= 15 is 0 Å². The summed E-state index contributed by atoms with van der Waals surface area (Å²) in [5, 5.41) is 20.0. The Kier molecular flexibility index (Phi) is 3.82. The Balaban J connectivity index is 2.05. The topological polar surface area (TPSA) is 82.8 Å². The van der Waals surface area contributed by atoms with Gasteiger partial charge in [-0.3, -0.25) is 4.79 Å². The number of nitriles is 1. The number of hydrogen-bond donors (Lipinski definition) is 1. The van der Waals surface area contributed by atoms with Crippen LogP contribution in [0.1, 0.15) is 31.0 Å². The Labute approximate surface area is 140 Å². The lowest BCUT2D eigenvalue weighted by Crippen LogP contribution is -2.54. The first-order chi connectivity index (χ1) is 11.4. The number of aliphatic hydroxyl groups excluding tert-OH is 1. The van der Waals surface area contributed by atoms with E-state index in [2.05, 4.69) is 12.6 Å². The number of carbonyl (C=O) groups is 1. The minimum atomic E-state index is -0.959. The van der Waals surface area contributed by atoms with Gasteiger partial charge in [0.05, 0.1) is 30.5 Å². The maximum atomic E-state index is 12.4. The number of hydrogen-bond acceptors (Lipinski definition) is 5. The quantitative estimate of drug-likeness (QED) is 0.859. The zero-order chi connectivity index (χ0) is 17.5. The molecule has 2 heterocycles. The molecule has 24 heavy (non-hydrogen) atoms. The molecule has 0 saturated carbocycles. The molecule has 1 amide bonds. The van der Waals surface area contributed by atoms with Crippen molar-refractivity contribution in [2.75, 3.05) is 6.54 Å². The van der Waals surface area contributed by atoms with Gasteiger partial charge in [-0.15, -0.1) is 0 Å². The van der Waals surface area contributed by atoms with E-state index in [0.29, 0.717) is 22.6 Å². The van der Waals surface area contributed by atoms with E-state index in [1.54, 1.807) is 32.0 Å². The molecule has 2 aliphatic rings. The Morgan fingerprint density at radius 1 is 1.54 bits per heavy atom. The number of carbonyl (C=O) groups excluding carboxylic acids is 1. The van der Waals surface area contributed by atoms with Gasteiger partial charge in [0.1, 0.15) is 23.2 Å². The molecule has 0 fully saturated rings. The van der Waals surface area contributed by atoms with Crippen molar-refractivity contribution >= 4 is 5.91 Å². The van der Waals surface area contributed by atoms with Crippen LogP contribution in [0, 0.1) is 11.3 Å². The van der Waals surface area contributed by atoms with Crippen LogP contribution in [0.3, 0.4) is 0 Å². The second-order valence-corrected chi connectivity index (χ2v) is 6.32. The fraction of sp³-hybridized carbons (Fsp3) is 0.333. The molecule has 2 atom stereocenters. The fourth-order valence-corrected chi connectivity index (χ4v) is 3.10. The van der Waals surface area contributed by atoms with E-state index < -0.39 is 17.7 Å². The lowest BCUT2D eigenvalue weighted by molar-refractivity contribution is -0.137. The maximum Gasteiger partial charge on any atom is 0.251 e. The normalized spacial score (nSPS) is 24.5. The maximum absolute atomic E-state index is 12.4. The molecule has 0 aliphatic carbocycles. The first-order valence-corrected chi connectivity index (χ1v) is 7.57. The van der Waals surface area contributed by atoms with Crippen molar-refractivity contribution in [2.24, 2.45) is 0 Å². The van der Waals surface area contributed by atoms with Crippen molar-refractivity contribution in [1.29, 1.82) is 5.26 Å². The van der Waals surface area contributed by atoms with Crippen LogP contribution in [-0.2, 0) is 9.53 Å². The minimum absolute atomic E-state index is 0.221. The van der Waals surface area contributed by atoms with Gasteiger partial charge >= 0.3 is 0 Å². The highest BCUT2D eigenvalue weighted by Gasteiger charge is 2.47. The van der Waals surface area contributed by atoms with Crippen molar-refractivity contribution in [3.63, 3.8) is 0 Å². The van der Waals surface area contributed by atoms with Crippen LogP contribution in [0.25, 0.3) is 0 Å². The molecule has 2 aliphatic heterocycles. The molecule has 1 aromatic carbocycles. The molecular formula is C18H18N2O4. The van der Waals surface area contributed by atoms with Gasteiger partial charge in [0, 0.05) is 11.6 Å². The highest BCUT2D eigenvalue weighted by atomic mass is 16.5. The molecule has 124 valence electrons. The van der Waals surface area contributed by atoms with Gasteiger partial charge in [-0.1, -0.05) is 6.58 Å². The lowest BCUT2D eigenvalue weighted by atomic mass is 9.85. The van der Waals surface area contributed by atoms with Crippen molar-refractivity contribution in [1.82, 2.24) is 4.90 Å². The molecule has 6 heteroatoms. The summed E-state index contributed by atoms with van der Waals surface area (Å²) >= 11 is 0. The highest BCUT2D eigenvalue weighted by Crippen LogP contribution is 2.44. The monoisotopic (exact) mass is 326 g/mol. The van der Waals surface area contributed by atoms with Crippen molar-refractivity contribution in [2.45, 2.75) is 31.6 Å². The van der Waals surface area contributed by atoms with Gasteiger partial charge in [-0.25, -0.2) is 0 Å². The van der Waals surface area contributed by atoms with Crippen molar-refractivity contribution in [3.05, 3.63) is 54.0 Å². The zero-order valence-corrected chi connectivity index (χ0v) is 13.5. The first-order valence-electron chi connectivity index (χ1n) is 7.57. The van der Waals surface area contributed by atoms with E-state index in [1.807, 2.05) is 0 Å². The predicted molar refractivity (Wildman–Crippen MR) is 85.7 cm³/mol. The average molecular weight is 326 g/mol. The molecule has 1 aromatic rings. The van der Waals surface area contributed by atoms with Gasteiger partial charge in [0.25, 0.3) is 5.91 Å². The number of benzene rings is 1. The third-order valence-electron chi connectivity index (χ3n) is 4.31. The molecule has 0 saturated heterocycles. The predicted octanol–water partition coefficient (Wildman–Crippen LogP) is 2.02. The van der Waals surface area contributed by atoms with Crippen LogP contribution in [-0.4, -0.2) is 34.2 Å². The minimum Gasteiger partial charge on any atom is -0.485 e. The third-order valence-corrected chi connectivity index (χ3v) is 4.31. The number of amides is 1. The van der Waals surface area contributed by atoms with Gasteiger partial charge in [-0.05, 0) is 32.0 Å². The smallest absolute Gasteiger partial charge is 0.251 e. The molecule has 0 bridgehead atoms. The Hall–Kier alpha value is -2.78. The molecule has 0 radical (unpaired) electrons. The summed E-state index contributed by atoms with van der Waals surface area (Å²) in [6, 6.07) is 6.44. The molecule has 0 spiro atoms. The van der Waals surface area contributed by atoms with Crippen molar-refractivity contribution in [3.8, 4) is 11.8 Å². The van der Waals surface area contributed by atoms with E-state index in [1.165, 1.54) is 17.2 Å². The molecule has 3 rings (SSSR count). The van der Waals surface area contributed by atoms with Crippen LogP contribution in [0.5, 0.6) is 5.75 Å². The van der Waals surface area contributed by atoms with Gasteiger partial charge in [0.15, 0.2) is 0 Å². The lowest BCUT2D eigenvalue weighted by Gasteiger charge is -2.45. The third kappa shape index (κ3) is 2.53. The van der Waals surface area contributed by atoms with E-state index in [0.717, 1.165) is 0 Å². The van der Waals surface area contributed by atoms with Crippen molar-refractivity contribution < 1.29 is 19.4 Å². The Morgan fingerprint density at radius 3 is 2.96 bits per heavy atom. The summed E-state index contributed by atoms with van der Waals surface area (Å²) in [6.45, 7) is 7.24. The second-order valence-electron chi connectivity index (χ2n) is 6.32. The van der Waals surface area contributed by atoms with E-state index in [9.17, 15) is 9.90 Å². The highest BCUT2D eigenvalue weighted by molar-refractivity contribution is 5.91. The largest absolute Gasteiger partial charge is 0.485 e. The van der Waals surface area contributed by atoms with Crippen LogP contribution in [0.4, 0.5) is 0 Å². The SMILES string of the molecule is C=COC1=CC(=O)N(C2c3cc(C#N)ccc3OC(C)(C)C2O)C1. The molecular weight excluding hydrogens is 308 g/mol. The fourth-order valence-electron chi connectivity index (χ4n) is 3.10. The summed E-state index contributed by atoms with van der Waals surface area (Å²) < 4.78 is 11.1. The van der Waals surface area contributed by atoms with E-state index in [4.69, 9.17) is 14.7 Å². The molecule has 6 nitrogen and oxygen atoms in total. The second kappa shape index (κ2) is 5.69. The summed E-state index contributed by atoms with van der Waals surface area (Å²) in [6.07, 6.45) is 1.68. The van der Waals surface area contributed by atoms with Gasteiger partial charge < -0.3 is 19.5 Å². The zero-order valence-electron chi connectivity index (χ0n) is 13.5. The number of ether oxygens (including phenoxy) is 2. The summed E-state index contributed by atoms with van der Waals surface area (Å²) in [5.41, 5.74) is 0.174. The first kappa shape index (κ1) is 16.1. The molecule has 0 aromatic heterocycles. The van der Waals surface area contributed by atoms with E-state index in [-0.39, 0.29) is 12.5 Å². The number of aliphatic hydroxyl groups is 1. The summed E-state index contributed by atoms with van der Waals surface area (Å²) in [5.74, 6) is 0.756. The molecule has 1 N–H and O–H groups in total. The van der Waals surface area contributed by atoms with Crippen LogP contribution < -0.4 is 4.74 Å². The summed E-state index contributed by atoms with van der Waals surface area (Å²) in [7, 11) is 0. The van der Waals surface area contributed by atoms with Crippen LogP contribution in [0.2, 0.25) is 0 Å². The Morgan fingerprint density at radius 2 is 2.29 bits per heavy atom. The number of rotatable bonds is 3. The number of fused-ring (bicyclic) bond motifs is 1. The molecule has 2 unspecified atom stereocenters. The standard InChI is InChI=1S/C18H18N2O4/c1-4-23-12-8-15(21)20(10-12)16-13-7-11(9-19)5-6-14(13)24-18(2,3)17(16)22/h4-8,16-17,22H,1,10H2,2-3H3.